The van der Waals surface area contributed by atoms with E-state index in [4.69, 9.17) is 4.74 Å². The maximum absolute atomic E-state index is 11.7. The molecule has 3 nitrogen and oxygen atoms in total. The minimum Gasteiger partial charge on any atom is -0.469 e. The molecule has 1 aliphatic carbocycles. The van der Waals surface area contributed by atoms with E-state index in [9.17, 15) is 9.59 Å². The fraction of sp³-hybridized carbons (Fsp3) is 0.846. The average molecular weight is 226 g/mol. The minimum atomic E-state index is -0.200. The predicted molar refractivity (Wildman–Crippen MR) is 62.0 cm³/mol. The molecule has 0 radical (unpaired) electrons. The zero-order valence-corrected chi connectivity index (χ0v) is 10.3. The van der Waals surface area contributed by atoms with E-state index in [1.165, 1.54) is 26.4 Å². The molecule has 92 valence electrons. The van der Waals surface area contributed by atoms with E-state index in [-0.39, 0.29) is 17.7 Å². The average Bonchev–Trinajstić information content (AvgIpc) is 2.35. The van der Waals surface area contributed by atoms with Crippen LogP contribution in [0.1, 0.15) is 51.9 Å². The molecule has 16 heavy (non-hydrogen) atoms. The van der Waals surface area contributed by atoms with E-state index in [0.717, 1.165) is 12.8 Å². The smallest absolute Gasteiger partial charge is 0.309 e. The van der Waals surface area contributed by atoms with E-state index in [1.807, 2.05) is 6.92 Å². The highest BCUT2D eigenvalue weighted by atomic mass is 16.5. The van der Waals surface area contributed by atoms with Gasteiger partial charge in [-0.15, -0.1) is 0 Å². The summed E-state index contributed by atoms with van der Waals surface area (Å²) in [5.41, 5.74) is 0. The fourth-order valence-electron chi connectivity index (χ4n) is 2.52. The van der Waals surface area contributed by atoms with Crippen molar-refractivity contribution in [3.05, 3.63) is 0 Å². The van der Waals surface area contributed by atoms with Crippen LogP contribution in [0.3, 0.4) is 0 Å². The first-order valence-corrected chi connectivity index (χ1v) is 6.28. The van der Waals surface area contributed by atoms with Crippen LogP contribution in [0.4, 0.5) is 0 Å². The lowest BCUT2D eigenvalue weighted by molar-refractivity contribution is -0.149. The van der Waals surface area contributed by atoms with Gasteiger partial charge in [0.2, 0.25) is 0 Å². The number of ketones is 1. The summed E-state index contributed by atoms with van der Waals surface area (Å²) < 4.78 is 4.82. The zero-order valence-electron chi connectivity index (χ0n) is 10.3. The molecule has 1 saturated carbocycles. The summed E-state index contributed by atoms with van der Waals surface area (Å²) in [4.78, 5) is 23.2. The van der Waals surface area contributed by atoms with Gasteiger partial charge < -0.3 is 4.74 Å². The molecule has 0 aliphatic heterocycles. The van der Waals surface area contributed by atoms with Crippen molar-refractivity contribution in [1.29, 1.82) is 0 Å². The van der Waals surface area contributed by atoms with Crippen LogP contribution in [-0.2, 0) is 14.3 Å². The molecule has 0 aromatic carbocycles. The molecule has 0 N–H and O–H groups in total. The van der Waals surface area contributed by atoms with Gasteiger partial charge in [0.05, 0.1) is 13.0 Å². The van der Waals surface area contributed by atoms with Gasteiger partial charge in [0.1, 0.15) is 5.78 Å². The van der Waals surface area contributed by atoms with Crippen LogP contribution in [0.15, 0.2) is 0 Å². The topological polar surface area (TPSA) is 43.4 Å². The first-order valence-electron chi connectivity index (χ1n) is 6.28. The van der Waals surface area contributed by atoms with E-state index >= 15 is 0 Å². The number of methoxy groups -OCH3 is 1. The number of ether oxygens (including phenoxy) is 1. The van der Waals surface area contributed by atoms with Crippen molar-refractivity contribution in [2.24, 2.45) is 11.8 Å². The lowest BCUT2D eigenvalue weighted by atomic mass is 9.77. The highest BCUT2D eigenvalue weighted by Gasteiger charge is 2.31. The van der Waals surface area contributed by atoms with Crippen molar-refractivity contribution < 1.29 is 14.3 Å². The lowest BCUT2D eigenvalue weighted by Gasteiger charge is -2.27. The van der Waals surface area contributed by atoms with Crippen LogP contribution in [0, 0.1) is 11.8 Å². The largest absolute Gasteiger partial charge is 0.469 e. The Morgan fingerprint density at radius 1 is 1.25 bits per heavy atom. The summed E-state index contributed by atoms with van der Waals surface area (Å²) in [6.45, 7) is 1.84. The van der Waals surface area contributed by atoms with Crippen molar-refractivity contribution in [1.82, 2.24) is 0 Å². The monoisotopic (exact) mass is 226 g/mol. The van der Waals surface area contributed by atoms with Gasteiger partial charge in [-0.3, -0.25) is 9.59 Å². The normalized spacial score (nSPS) is 19.1. The van der Waals surface area contributed by atoms with E-state index in [1.54, 1.807) is 0 Å². The van der Waals surface area contributed by atoms with E-state index in [0.29, 0.717) is 18.8 Å². The summed E-state index contributed by atoms with van der Waals surface area (Å²) in [7, 11) is 1.41. The summed E-state index contributed by atoms with van der Waals surface area (Å²) in [5.74, 6) is 0.129. The number of hydrogen-bond acceptors (Lipinski definition) is 3. The Labute approximate surface area is 97.5 Å². The van der Waals surface area contributed by atoms with Crippen LogP contribution in [0.25, 0.3) is 0 Å². The Morgan fingerprint density at radius 3 is 2.38 bits per heavy atom. The SMILES string of the molecule is CCC(=O)C[C@H](C(=O)OC)C1CCCCC1. The van der Waals surface area contributed by atoms with Crippen LogP contribution in [0.2, 0.25) is 0 Å². The molecule has 3 heteroatoms. The molecule has 0 saturated heterocycles. The molecule has 1 aliphatic rings. The number of esters is 1. The van der Waals surface area contributed by atoms with Crippen molar-refractivity contribution in [3.63, 3.8) is 0 Å². The Bertz CT molecular complexity index is 242. The lowest BCUT2D eigenvalue weighted by Crippen LogP contribution is -2.29. The molecule has 0 spiro atoms. The molecule has 1 atom stereocenters. The third kappa shape index (κ3) is 3.62. The maximum atomic E-state index is 11.7. The number of carbonyl (C=O) groups excluding carboxylic acids is 2. The van der Waals surface area contributed by atoms with Crippen molar-refractivity contribution in [3.8, 4) is 0 Å². The molecule has 1 fully saturated rings. The Hall–Kier alpha value is -0.860. The fourth-order valence-corrected chi connectivity index (χ4v) is 2.52. The summed E-state index contributed by atoms with van der Waals surface area (Å²) in [6, 6.07) is 0. The summed E-state index contributed by atoms with van der Waals surface area (Å²) >= 11 is 0. The van der Waals surface area contributed by atoms with Gasteiger partial charge in [-0.1, -0.05) is 26.2 Å². The van der Waals surface area contributed by atoms with Crippen molar-refractivity contribution in [2.75, 3.05) is 7.11 Å². The second-order valence-corrected chi connectivity index (χ2v) is 4.62. The van der Waals surface area contributed by atoms with Crippen LogP contribution < -0.4 is 0 Å². The van der Waals surface area contributed by atoms with Gasteiger partial charge >= 0.3 is 5.97 Å². The second kappa shape index (κ2) is 6.66. The molecule has 0 heterocycles. The molecule has 0 aromatic heterocycles. The Morgan fingerprint density at radius 2 is 1.88 bits per heavy atom. The van der Waals surface area contributed by atoms with Gasteiger partial charge in [-0.2, -0.15) is 0 Å². The molecule has 1 rings (SSSR count). The molecule has 0 unspecified atom stereocenters. The number of hydrogen-bond donors (Lipinski definition) is 0. The molecule has 0 bridgehead atoms. The Balaban J connectivity index is 2.61. The second-order valence-electron chi connectivity index (χ2n) is 4.62. The number of carbonyl (C=O) groups is 2. The van der Waals surface area contributed by atoms with E-state index in [2.05, 4.69) is 0 Å². The number of rotatable bonds is 5. The van der Waals surface area contributed by atoms with Crippen molar-refractivity contribution >= 4 is 11.8 Å². The zero-order chi connectivity index (χ0) is 12.0. The first-order chi connectivity index (χ1) is 7.69. The predicted octanol–water partition coefficient (Wildman–Crippen LogP) is 2.73. The highest BCUT2D eigenvalue weighted by Crippen LogP contribution is 2.32. The van der Waals surface area contributed by atoms with Gasteiger partial charge in [0.15, 0.2) is 0 Å². The van der Waals surface area contributed by atoms with Crippen LogP contribution >= 0.6 is 0 Å². The maximum Gasteiger partial charge on any atom is 0.309 e. The quantitative estimate of drug-likeness (QED) is 0.677. The van der Waals surface area contributed by atoms with Crippen LogP contribution in [-0.4, -0.2) is 18.9 Å². The third-order valence-corrected chi connectivity index (χ3v) is 3.56. The standard InChI is InChI=1S/C13H22O3/c1-3-11(14)9-12(13(15)16-2)10-7-5-4-6-8-10/h10,12H,3-9H2,1-2H3/t12-/m0/s1. The molecular formula is C13H22O3. The molecule has 0 amide bonds. The minimum absolute atomic E-state index is 0.168. The van der Waals surface area contributed by atoms with Gasteiger partial charge in [0, 0.05) is 12.8 Å². The molecule has 0 aromatic rings. The highest BCUT2D eigenvalue weighted by molar-refractivity contribution is 5.84. The number of Topliss-reactive ketones (excluding diaryl/α,β-unsaturated/α-hetero) is 1. The third-order valence-electron chi connectivity index (χ3n) is 3.56. The van der Waals surface area contributed by atoms with Crippen LogP contribution in [0.5, 0.6) is 0 Å². The first kappa shape index (κ1) is 13.2. The van der Waals surface area contributed by atoms with Gasteiger partial charge in [-0.25, -0.2) is 0 Å². The van der Waals surface area contributed by atoms with Gasteiger partial charge in [-0.05, 0) is 18.8 Å². The molecular weight excluding hydrogens is 204 g/mol. The summed E-state index contributed by atoms with van der Waals surface area (Å²) in [5, 5.41) is 0. The Kier molecular flexibility index (Phi) is 5.50. The van der Waals surface area contributed by atoms with Crippen molar-refractivity contribution in [2.45, 2.75) is 51.9 Å². The van der Waals surface area contributed by atoms with Gasteiger partial charge in [0.25, 0.3) is 0 Å². The van der Waals surface area contributed by atoms with E-state index < -0.39 is 0 Å². The summed E-state index contributed by atoms with van der Waals surface area (Å²) in [6.07, 6.45) is 6.63.